The van der Waals surface area contributed by atoms with Crippen molar-refractivity contribution in [2.75, 3.05) is 45.9 Å². The summed E-state index contributed by atoms with van der Waals surface area (Å²) in [5.41, 5.74) is 1.93. The van der Waals surface area contributed by atoms with Crippen molar-refractivity contribution in [3.63, 3.8) is 0 Å². The van der Waals surface area contributed by atoms with Crippen LogP contribution in [-0.4, -0.2) is 67.6 Å². The first kappa shape index (κ1) is 20.0. The van der Waals surface area contributed by atoms with Gasteiger partial charge in [-0.25, -0.2) is 0 Å². The molecule has 3 rings (SSSR count). The van der Waals surface area contributed by atoms with Crippen LogP contribution in [-0.2, 0) is 11.2 Å². The molecule has 0 aliphatic carbocycles. The zero-order valence-electron chi connectivity index (χ0n) is 15.9. The highest BCUT2D eigenvalue weighted by Crippen LogP contribution is 2.04. The Bertz CT molecular complexity index is 776. The maximum Gasteiger partial charge on any atom is 0.252 e. The zero-order chi connectivity index (χ0) is 19.6. The van der Waals surface area contributed by atoms with Gasteiger partial charge < -0.3 is 15.4 Å². The second kappa shape index (κ2) is 10.5. The highest BCUT2D eigenvalue weighted by Gasteiger charge is 2.13. The van der Waals surface area contributed by atoms with Gasteiger partial charge in [0.2, 0.25) is 0 Å². The Balaban J connectivity index is 1.45. The molecule has 7 heteroatoms. The summed E-state index contributed by atoms with van der Waals surface area (Å²) in [6.45, 7) is 5.10. The van der Waals surface area contributed by atoms with E-state index in [2.05, 4.69) is 20.5 Å². The van der Waals surface area contributed by atoms with E-state index in [4.69, 9.17) is 4.74 Å². The second-order valence-electron chi connectivity index (χ2n) is 6.66. The van der Waals surface area contributed by atoms with Gasteiger partial charge in [-0.15, -0.1) is 0 Å². The highest BCUT2D eigenvalue weighted by atomic mass is 16.5. The molecule has 0 bridgehead atoms. The van der Waals surface area contributed by atoms with E-state index in [0.717, 1.165) is 44.8 Å². The minimum Gasteiger partial charge on any atom is -0.379 e. The van der Waals surface area contributed by atoms with Gasteiger partial charge >= 0.3 is 0 Å². The number of ether oxygens (including phenoxy) is 1. The zero-order valence-corrected chi connectivity index (χ0v) is 15.9. The Morgan fingerprint density at radius 3 is 2.29 bits per heavy atom. The monoisotopic (exact) mass is 382 g/mol. The fourth-order valence-corrected chi connectivity index (χ4v) is 3.01. The number of carbonyl (C=O) groups excluding carboxylic acids is 2. The molecule has 1 aromatic heterocycles. The largest absolute Gasteiger partial charge is 0.379 e. The summed E-state index contributed by atoms with van der Waals surface area (Å²) in [6.07, 6.45) is 3.70. The standard InChI is InChI=1S/C21H26N4O3/c26-20(23-7-6-17-4-2-1-3-5-17)18-14-19(16-22-15-18)21(27)24-8-9-25-10-12-28-13-11-25/h1-5,14-16H,6-13H2,(H,23,26)(H,24,27). The van der Waals surface area contributed by atoms with Crippen LogP contribution < -0.4 is 10.6 Å². The fraction of sp³-hybridized carbons (Fsp3) is 0.381. The van der Waals surface area contributed by atoms with Gasteiger partial charge in [0.1, 0.15) is 0 Å². The third-order valence-corrected chi connectivity index (χ3v) is 4.62. The Hall–Kier alpha value is -2.77. The number of hydrogen-bond acceptors (Lipinski definition) is 5. The number of pyridine rings is 1. The molecule has 0 atom stereocenters. The number of amides is 2. The quantitative estimate of drug-likeness (QED) is 0.715. The van der Waals surface area contributed by atoms with Gasteiger partial charge in [0.25, 0.3) is 11.8 Å². The lowest BCUT2D eigenvalue weighted by atomic mass is 10.1. The predicted molar refractivity (Wildman–Crippen MR) is 106 cm³/mol. The van der Waals surface area contributed by atoms with Gasteiger partial charge in [-0.3, -0.25) is 19.5 Å². The lowest BCUT2D eigenvalue weighted by Gasteiger charge is -2.26. The molecule has 0 radical (unpaired) electrons. The van der Waals surface area contributed by atoms with Gasteiger partial charge in [-0.1, -0.05) is 30.3 Å². The highest BCUT2D eigenvalue weighted by molar-refractivity contribution is 5.99. The minimum atomic E-state index is -0.230. The Kier molecular flexibility index (Phi) is 7.52. The molecule has 148 valence electrons. The Morgan fingerprint density at radius 2 is 1.61 bits per heavy atom. The number of nitrogens with zero attached hydrogens (tertiary/aromatic N) is 2. The summed E-state index contributed by atoms with van der Waals surface area (Å²) in [4.78, 5) is 31.0. The molecule has 1 aromatic carbocycles. The van der Waals surface area contributed by atoms with E-state index in [1.54, 1.807) is 6.07 Å². The van der Waals surface area contributed by atoms with Crippen LogP contribution in [0.25, 0.3) is 0 Å². The van der Waals surface area contributed by atoms with Gasteiger partial charge in [0, 0.05) is 45.1 Å². The summed E-state index contributed by atoms with van der Waals surface area (Å²) in [5.74, 6) is -0.453. The van der Waals surface area contributed by atoms with E-state index < -0.39 is 0 Å². The molecule has 0 saturated carbocycles. The molecular formula is C21H26N4O3. The molecule has 0 unspecified atom stereocenters. The van der Waals surface area contributed by atoms with Crippen LogP contribution in [0.15, 0.2) is 48.8 Å². The van der Waals surface area contributed by atoms with Gasteiger partial charge in [0.05, 0.1) is 24.3 Å². The van der Waals surface area contributed by atoms with Crippen LogP contribution in [0.2, 0.25) is 0 Å². The lowest BCUT2D eigenvalue weighted by molar-refractivity contribution is 0.0383. The molecule has 2 amide bonds. The van der Waals surface area contributed by atoms with E-state index in [1.165, 1.54) is 12.4 Å². The summed E-state index contributed by atoms with van der Waals surface area (Å²) in [5, 5.41) is 5.75. The van der Waals surface area contributed by atoms with E-state index in [0.29, 0.717) is 24.2 Å². The molecule has 1 aliphatic heterocycles. The summed E-state index contributed by atoms with van der Waals surface area (Å²) in [6, 6.07) is 11.5. The van der Waals surface area contributed by atoms with E-state index in [1.807, 2.05) is 30.3 Å². The van der Waals surface area contributed by atoms with Crippen LogP contribution in [0.5, 0.6) is 0 Å². The van der Waals surface area contributed by atoms with Crippen molar-refractivity contribution in [2.24, 2.45) is 0 Å². The average molecular weight is 382 g/mol. The third kappa shape index (κ3) is 6.14. The molecule has 28 heavy (non-hydrogen) atoms. The molecule has 2 N–H and O–H groups in total. The predicted octanol–water partition coefficient (Wildman–Crippen LogP) is 1.12. The smallest absolute Gasteiger partial charge is 0.252 e. The summed E-state index contributed by atoms with van der Waals surface area (Å²) < 4.78 is 5.31. The van der Waals surface area contributed by atoms with Crippen molar-refractivity contribution in [2.45, 2.75) is 6.42 Å². The van der Waals surface area contributed by atoms with Crippen molar-refractivity contribution in [1.82, 2.24) is 20.5 Å². The molecule has 0 spiro atoms. The van der Waals surface area contributed by atoms with E-state index >= 15 is 0 Å². The first-order valence-electron chi connectivity index (χ1n) is 9.58. The van der Waals surface area contributed by atoms with Crippen molar-refractivity contribution in [3.05, 3.63) is 65.5 Å². The molecular weight excluding hydrogens is 356 g/mol. The van der Waals surface area contributed by atoms with Crippen LogP contribution in [0.1, 0.15) is 26.3 Å². The van der Waals surface area contributed by atoms with Gasteiger partial charge in [-0.2, -0.15) is 0 Å². The van der Waals surface area contributed by atoms with E-state index in [9.17, 15) is 9.59 Å². The van der Waals surface area contributed by atoms with Crippen molar-refractivity contribution >= 4 is 11.8 Å². The van der Waals surface area contributed by atoms with Gasteiger partial charge in [-0.05, 0) is 18.1 Å². The van der Waals surface area contributed by atoms with Crippen LogP contribution in [0.4, 0.5) is 0 Å². The minimum absolute atomic E-state index is 0.223. The molecule has 2 heterocycles. The summed E-state index contributed by atoms with van der Waals surface area (Å²) in [7, 11) is 0. The number of aromatic nitrogens is 1. The maximum atomic E-state index is 12.3. The van der Waals surface area contributed by atoms with Crippen LogP contribution in [0.3, 0.4) is 0 Å². The Morgan fingerprint density at radius 1 is 0.964 bits per heavy atom. The first-order valence-corrected chi connectivity index (χ1v) is 9.58. The number of rotatable bonds is 8. The van der Waals surface area contributed by atoms with Crippen molar-refractivity contribution in [1.29, 1.82) is 0 Å². The topological polar surface area (TPSA) is 83.6 Å². The molecule has 1 aliphatic rings. The molecule has 1 saturated heterocycles. The molecule has 1 fully saturated rings. The number of hydrogen-bond donors (Lipinski definition) is 2. The number of morpholine rings is 1. The third-order valence-electron chi connectivity index (χ3n) is 4.62. The fourth-order valence-electron chi connectivity index (χ4n) is 3.01. The SMILES string of the molecule is O=C(NCCc1ccccc1)c1cncc(C(=O)NCCN2CCOCC2)c1. The Labute approximate surface area is 165 Å². The molecule has 7 nitrogen and oxygen atoms in total. The normalized spacial score (nSPS) is 14.4. The van der Waals surface area contributed by atoms with Gasteiger partial charge in [0.15, 0.2) is 0 Å². The number of nitrogens with one attached hydrogen (secondary N) is 2. The lowest BCUT2D eigenvalue weighted by Crippen LogP contribution is -2.41. The maximum absolute atomic E-state index is 12.3. The number of benzene rings is 1. The van der Waals surface area contributed by atoms with E-state index in [-0.39, 0.29) is 11.8 Å². The average Bonchev–Trinajstić information content (AvgIpc) is 2.75. The first-order chi connectivity index (χ1) is 13.7. The molecule has 2 aromatic rings. The van der Waals surface area contributed by atoms with Crippen molar-refractivity contribution < 1.29 is 14.3 Å². The van der Waals surface area contributed by atoms with Crippen LogP contribution >= 0.6 is 0 Å². The summed E-state index contributed by atoms with van der Waals surface area (Å²) >= 11 is 0. The van der Waals surface area contributed by atoms with Crippen LogP contribution in [0, 0.1) is 0 Å². The second-order valence-corrected chi connectivity index (χ2v) is 6.66. The van der Waals surface area contributed by atoms with Crippen molar-refractivity contribution in [3.8, 4) is 0 Å². The number of carbonyl (C=O) groups is 2.